The Labute approximate surface area is 147 Å². The molecule has 1 aromatic heterocycles. The van der Waals surface area contributed by atoms with Gasteiger partial charge in [0.15, 0.2) is 0 Å². The Balaban J connectivity index is 0.000000269. The zero-order valence-corrected chi connectivity index (χ0v) is 14.8. The summed E-state index contributed by atoms with van der Waals surface area (Å²) in [6, 6.07) is 8.75. The molecular weight excluding hydrogens is 324 g/mol. The van der Waals surface area contributed by atoms with E-state index in [2.05, 4.69) is 23.5 Å². The van der Waals surface area contributed by atoms with Gasteiger partial charge in [0, 0.05) is 6.61 Å². The smallest absolute Gasteiger partial charge is 0.287 e. The molecular formula is C18H24N2O5. The molecule has 1 saturated heterocycles. The summed E-state index contributed by atoms with van der Waals surface area (Å²) in [5.74, 6) is 0.289. The van der Waals surface area contributed by atoms with Crippen LogP contribution >= 0.6 is 0 Å². The zero-order chi connectivity index (χ0) is 18.3. The number of amides is 1. The van der Waals surface area contributed by atoms with Gasteiger partial charge in [-0.15, -0.1) is 0 Å². The van der Waals surface area contributed by atoms with Gasteiger partial charge in [-0.2, -0.15) is 0 Å². The maximum atomic E-state index is 10.8. The highest BCUT2D eigenvalue weighted by Gasteiger charge is 2.22. The normalized spacial score (nSPS) is 15.2. The second-order valence-corrected chi connectivity index (χ2v) is 6.50. The van der Waals surface area contributed by atoms with Gasteiger partial charge >= 0.3 is 0 Å². The Bertz CT molecular complexity index is 671. The molecule has 2 N–H and O–H groups in total. The van der Waals surface area contributed by atoms with Crippen LogP contribution in [-0.4, -0.2) is 31.4 Å². The molecule has 3 rings (SSSR count). The first-order valence-electron chi connectivity index (χ1n) is 8.00. The minimum absolute atomic E-state index is 0.0280. The van der Waals surface area contributed by atoms with Crippen LogP contribution in [0.4, 0.5) is 0 Å². The molecule has 1 fully saturated rings. The van der Waals surface area contributed by atoms with E-state index in [1.165, 1.54) is 12.5 Å². The standard InChI is InChI=1S/C12H12N2O4.C6H12O/c1-16-9-4-2-8(3-5-9)7-17-11-6-10(12(13)15)18-14-11;1-6(2)3-4-7-5-6/h2-6H,7H2,1H3,(H2,13,15);3-5H2,1-2H3. The number of nitrogens with two attached hydrogens (primary N) is 1. The second-order valence-electron chi connectivity index (χ2n) is 6.50. The highest BCUT2D eigenvalue weighted by atomic mass is 16.5. The number of nitrogens with zero attached hydrogens (tertiary/aromatic N) is 1. The van der Waals surface area contributed by atoms with Crippen LogP contribution < -0.4 is 15.2 Å². The summed E-state index contributed by atoms with van der Waals surface area (Å²) >= 11 is 0. The van der Waals surface area contributed by atoms with E-state index in [-0.39, 0.29) is 11.6 Å². The molecule has 136 valence electrons. The first-order chi connectivity index (χ1) is 11.9. The topological polar surface area (TPSA) is 96.8 Å². The van der Waals surface area contributed by atoms with E-state index >= 15 is 0 Å². The van der Waals surface area contributed by atoms with Gasteiger partial charge in [-0.3, -0.25) is 4.79 Å². The Morgan fingerprint density at radius 3 is 2.48 bits per heavy atom. The monoisotopic (exact) mass is 348 g/mol. The van der Waals surface area contributed by atoms with Crippen molar-refractivity contribution in [2.45, 2.75) is 26.9 Å². The number of carbonyl (C=O) groups excluding carboxylic acids is 1. The number of primary amides is 1. The molecule has 0 radical (unpaired) electrons. The largest absolute Gasteiger partial charge is 0.497 e. The molecule has 25 heavy (non-hydrogen) atoms. The maximum absolute atomic E-state index is 10.8. The van der Waals surface area contributed by atoms with Crippen molar-refractivity contribution in [3.05, 3.63) is 41.7 Å². The Morgan fingerprint density at radius 2 is 2.04 bits per heavy atom. The van der Waals surface area contributed by atoms with Gasteiger partial charge in [-0.05, 0) is 34.7 Å². The molecule has 0 spiro atoms. The first kappa shape index (κ1) is 18.8. The van der Waals surface area contributed by atoms with Gasteiger partial charge < -0.3 is 24.5 Å². The number of rotatable bonds is 5. The van der Waals surface area contributed by atoms with Crippen molar-refractivity contribution in [1.82, 2.24) is 5.16 Å². The number of aromatic nitrogens is 1. The van der Waals surface area contributed by atoms with Gasteiger partial charge in [0.1, 0.15) is 12.4 Å². The van der Waals surface area contributed by atoms with E-state index in [4.69, 9.17) is 19.9 Å². The number of hydrogen-bond acceptors (Lipinski definition) is 6. The number of carbonyl (C=O) groups is 1. The van der Waals surface area contributed by atoms with Crippen LogP contribution in [0.1, 0.15) is 36.4 Å². The SMILES string of the molecule is CC1(C)CCOC1.COc1ccc(COc2cc(C(N)=O)on2)cc1. The van der Waals surface area contributed by atoms with Crippen LogP contribution in [0, 0.1) is 5.41 Å². The highest BCUT2D eigenvalue weighted by Crippen LogP contribution is 2.25. The molecule has 0 saturated carbocycles. The summed E-state index contributed by atoms with van der Waals surface area (Å²) in [5.41, 5.74) is 6.44. The number of ether oxygens (including phenoxy) is 3. The molecule has 7 nitrogen and oxygen atoms in total. The van der Waals surface area contributed by atoms with Gasteiger partial charge in [-0.1, -0.05) is 26.0 Å². The molecule has 2 aromatic rings. The molecule has 1 aliphatic heterocycles. The minimum Gasteiger partial charge on any atom is -0.497 e. The minimum atomic E-state index is -0.679. The van der Waals surface area contributed by atoms with Crippen molar-refractivity contribution in [2.24, 2.45) is 11.1 Å². The summed E-state index contributed by atoms with van der Waals surface area (Å²) < 4.78 is 20.2. The van der Waals surface area contributed by atoms with Crippen molar-refractivity contribution in [2.75, 3.05) is 20.3 Å². The molecule has 0 bridgehead atoms. The van der Waals surface area contributed by atoms with Crippen LogP contribution in [0.15, 0.2) is 34.9 Å². The molecule has 0 aliphatic carbocycles. The van der Waals surface area contributed by atoms with Crippen molar-refractivity contribution in [3.8, 4) is 11.6 Å². The Hall–Kier alpha value is -2.54. The lowest BCUT2D eigenvalue weighted by atomic mass is 9.94. The molecule has 0 atom stereocenters. The lowest BCUT2D eigenvalue weighted by Crippen LogP contribution is -2.09. The van der Waals surface area contributed by atoms with Crippen LogP contribution in [0.5, 0.6) is 11.6 Å². The van der Waals surface area contributed by atoms with Gasteiger partial charge in [-0.25, -0.2) is 0 Å². The molecule has 1 amide bonds. The average molecular weight is 348 g/mol. The fraction of sp³-hybridized carbons (Fsp3) is 0.444. The Morgan fingerprint density at radius 1 is 1.32 bits per heavy atom. The van der Waals surface area contributed by atoms with Gasteiger partial charge in [0.05, 0.1) is 19.8 Å². The van der Waals surface area contributed by atoms with E-state index in [1.54, 1.807) is 7.11 Å². The quantitative estimate of drug-likeness (QED) is 0.892. The van der Waals surface area contributed by atoms with Crippen LogP contribution in [-0.2, 0) is 11.3 Å². The second kappa shape index (κ2) is 8.53. The first-order valence-corrected chi connectivity index (χ1v) is 8.00. The van der Waals surface area contributed by atoms with Crippen LogP contribution in [0.2, 0.25) is 0 Å². The lowest BCUT2D eigenvalue weighted by molar-refractivity contribution is 0.0964. The molecule has 2 heterocycles. The molecule has 1 aliphatic rings. The predicted octanol–water partition coefficient (Wildman–Crippen LogP) is 2.79. The van der Waals surface area contributed by atoms with Crippen LogP contribution in [0.3, 0.4) is 0 Å². The van der Waals surface area contributed by atoms with E-state index in [1.807, 2.05) is 24.3 Å². The molecule has 7 heteroatoms. The zero-order valence-electron chi connectivity index (χ0n) is 14.8. The maximum Gasteiger partial charge on any atom is 0.287 e. The van der Waals surface area contributed by atoms with Crippen molar-refractivity contribution >= 4 is 5.91 Å². The third-order valence-corrected chi connectivity index (χ3v) is 3.69. The fourth-order valence-corrected chi connectivity index (χ4v) is 2.09. The van der Waals surface area contributed by atoms with Crippen LogP contribution in [0.25, 0.3) is 0 Å². The summed E-state index contributed by atoms with van der Waals surface area (Å²) in [5, 5.41) is 3.56. The number of methoxy groups -OCH3 is 1. The molecule has 1 aromatic carbocycles. The number of hydrogen-bond donors (Lipinski definition) is 1. The van der Waals surface area contributed by atoms with E-state index in [0.29, 0.717) is 12.0 Å². The third kappa shape index (κ3) is 6.11. The summed E-state index contributed by atoms with van der Waals surface area (Å²) in [4.78, 5) is 10.8. The van der Waals surface area contributed by atoms with Gasteiger partial charge in [0.25, 0.3) is 11.8 Å². The highest BCUT2D eigenvalue weighted by molar-refractivity contribution is 5.89. The predicted molar refractivity (Wildman–Crippen MR) is 91.6 cm³/mol. The third-order valence-electron chi connectivity index (χ3n) is 3.69. The van der Waals surface area contributed by atoms with E-state index in [9.17, 15) is 4.79 Å². The van der Waals surface area contributed by atoms with Crippen molar-refractivity contribution in [1.29, 1.82) is 0 Å². The number of benzene rings is 1. The fourth-order valence-electron chi connectivity index (χ4n) is 2.09. The lowest BCUT2D eigenvalue weighted by Gasteiger charge is -2.11. The van der Waals surface area contributed by atoms with Crippen molar-refractivity contribution < 1.29 is 23.5 Å². The van der Waals surface area contributed by atoms with Gasteiger partial charge in [0.2, 0.25) is 5.76 Å². The van der Waals surface area contributed by atoms with E-state index in [0.717, 1.165) is 24.5 Å². The van der Waals surface area contributed by atoms with Crippen molar-refractivity contribution in [3.63, 3.8) is 0 Å². The average Bonchev–Trinajstić information content (AvgIpc) is 3.22. The summed E-state index contributed by atoms with van der Waals surface area (Å²) in [6.07, 6.45) is 1.23. The molecule has 0 unspecified atom stereocenters. The Kier molecular flexibility index (Phi) is 6.41. The summed E-state index contributed by atoms with van der Waals surface area (Å²) in [6.45, 7) is 6.70. The van der Waals surface area contributed by atoms with E-state index < -0.39 is 5.91 Å². The summed E-state index contributed by atoms with van der Waals surface area (Å²) in [7, 11) is 1.60.